The smallest absolute Gasteiger partial charge is 0.362 e. The molecule has 0 atom stereocenters. The van der Waals surface area contributed by atoms with Gasteiger partial charge in [0.1, 0.15) is 0 Å². The Morgan fingerprint density at radius 2 is 1.03 bits per heavy atom. The topological polar surface area (TPSA) is 194 Å². The fourth-order valence-corrected chi connectivity index (χ4v) is 2.58. The molecule has 0 aromatic carbocycles. The van der Waals surface area contributed by atoms with Gasteiger partial charge in [0.25, 0.3) is 0 Å². The first kappa shape index (κ1) is 40.2. The zero-order valence-corrected chi connectivity index (χ0v) is 23.3. The van der Waals surface area contributed by atoms with Crippen molar-refractivity contribution in [2.45, 2.75) is 79.1 Å². The van der Waals surface area contributed by atoms with Crippen molar-refractivity contribution in [3.05, 3.63) is 12.4 Å². The van der Waals surface area contributed by atoms with Crippen LogP contribution in [0.15, 0.2) is 12.4 Å². The summed E-state index contributed by atoms with van der Waals surface area (Å²) in [6.45, 7) is 15.3. The summed E-state index contributed by atoms with van der Waals surface area (Å²) >= 11 is 0. The van der Waals surface area contributed by atoms with Crippen molar-refractivity contribution in [2.75, 3.05) is 39.9 Å². The van der Waals surface area contributed by atoms with Crippen molar-refractivity contribution in [3.63, 3.8) is 0 Å². The summed E-state index contributed by atoms with van der Waals surface area (Å²) in [6.07, 6.45) is 15.0. The summed E-state index contributed by atoms with van der Waals surface area (Å²) in [7, 11) is -7.23. The van der Waals surface area contributed by atoms with Gasteiger partial charge in [0.15, 0.2) is 0 Å². The first-order valence-electron chi connectivity index (χ1n) is 11.4. The van der Waals surface area contributed by atoms with E-state index in [0.717, 1.165) is 6.67 Å². The largest absolute Gasteiger partial charge is 0.394 e. The van der Waals surface area contributed by atoms with Crippen molar-refractivity contribution in [3.8, 4) is 0 Å². The maximum atomic E-state index is 8.74. The Morgan fingerprint density at radius 3 is 1.26 bits per heavy atom. The van der Waals surface area contributed by atoms with E-state index < -0.39 is 20.8 Å². The Morgan fingerprint density at radius 1 is 0.706 bits per heavy atom. The van der Waals surface area contributed by atoms with Gasteiger partial charge >= 0.3 is 20.8 Å². The van der Waals surface area contributed by atoms with E-state index in [0.29, 0.717) is 0 Å². The third-order valence-electron chi connectivity index (χ3n) is 4.22. The van der Waals surface area contributed by atoms with Crippen LogP contribution in [0.25, 0.3) is 0 Å². The zero-order valence-electron chi connectivity index (χ0n) is 21.6. The fraction of sp³-hybridized carbons (Fsp3) is 0.900. The fourth-order valence-electron chi connectivity index (χ4n) is 2.58. The lowest BCUT2D eigenvalue weighted by atomic mass is 10.2. The average Bonchev–Trinajstić information content (AvgIpc) is 3.09. The second kappa shape index (κ2) is 25.1. The maximum Gasteiger partial charge on any atom is 0.394 e. The third-order valence-corrected chi connectivity index (χ3v) is 4.22. The molecule has 0 amide bonds. The minimum atomic E-state index is -4.67. The Kier molecular flexibility index (Phi) is 29.7. The highest BCUT2D eigenvalue weighted by Crippen LogP contribution is 2.04. The van der Waals surface area contributed by atoms with Crippen molar-refractivity contribution in [1.29, 1.82) is 0 Å². The summed E-state index contributed by atoms with van der Waals surface area (Å²) in [5, 5.41) is 0. The predicted molar refractivity (Wildman–Crippen MR) is 138 cm³/mol. The highest BCUT2D eigenvalue weighted by molar-refractivity contribution is 7.80. The quantitative estimate of drug-likeness (QED) is 0.224. The number of hydrogen-bond acceptors (Lipinski definition) is 8. The lowest BCUT2D eigenvalue weighted by Gasteiger charge is -2.21. The van der Waals surface area contributed by atoms with Crippen molar-refractivity contribution < 1.29 is 35.0 Å². The molecule has 0 radical (unpaired) electrons. The SMILES string of the molecule is CCCCN(CCCC)CCCC.CCCCN1C=CN(C)C1.N.O=S(=O)(O)O.O=S(=O)(O)O. The Labute approximate surface area is 208 Å². The van der Waals surface area contributed by atoms with Gasteiger partial charge < -0.3 is 20.9 Å². The van der Waals surface area contributed by atoms with Gasteiger partial charge in [-0.25, -0.2) is 0 Å². The molecular formula is C20H50N4O8S2. The molecule has 0 spiro atoms. The van der Waals surface area contributed by atoms with Crippen LogP contribution in [-0.2, 0) is 20.8 Å². The van der Waals surface area contributed by atoms with Crippen LogP contribution in [0.4, 0.5) is 0 Å². The molecule has 0 fully saturated rings. The standard InChI is InChI=1S/C12H27N.C8H16N2.H3N.2H2O4S/c1-4-7-10-13(11-8-5-2)12-9-6-3;1-3-4-5-10-7-6-9(2)8-10;;2*1-5(2,3)4/h4-12H2,1-3H3;6-7H,3-5,8H2,1-2H3;1H3;2*(H2,1,2,3,4). The van der Waals surface area contributed by atoms with E-state index in [1.165, 1.54) is 77.5 Å². The van der Waals surface area contributed by atoms with Crippen LogP contribution < -0.4 is 6.15 Å². The molecule has 0 saturated heterocycles. The van der Waals surface area contributed by atoms with Gasteiger partial charge in [-0.1, -0.05) is 53.4 Å². The first-order valence-corrected chi connectivity index (χ1v) is 14.2. The van der Waals surface area contributed by atoms with Gasteiger partial charge in [0.05, 0.1) is 6.67 Å². The second-order valence-electron chi connectivity index (χ2n) is 7.66. The summed E-state index contributed by atoms with van der Waals surface area (Å²) in [5.74, 6) is 0. The van der Waals surface area contributed by atoms with Crippen LogP contribution in [0.5, 0.6) is 0 Å². The van der Waals surface area contributed by atoms with Crippen molar-refractivity contribution in [2.24, 2.45) is 0 Å². The van der Waals surface area contributed by atoms with E-state index in [1.807, 2.05) is 0 Å². The van der Waals surface area contributed by atoms with Crippen LogP contribution in [0.2, 0.25) is 0 Å². The van der Waals surface area contributed by atoms with E-state index in [1.54, 1.807) is 0 Å². The molecule has 14 heteroatoms. The molecule has 34 heavy (non-hydrogen) atoms. The number of rotatable bonds is 12. The molecular weight excluding hydrogens is 488 g/mol. The molecule has 1 aliphatic heterocycles. The van der Waals surface area contributed by atoms with Crippen molar-refractivity contribution in [1.82, 2.24) is 20.9 Å². The van der Waals surface area contributed by atoms with Crippen molar-refractivity contribution >= 4 is 20.8 Å². The van der Waals surface area contributed by atoms with Crippen LogP contribution in [0.1, 0.15) is 79.1 Å². The third kappa shape index (κ3) is 48.4. The summed E-state index contributed by atoms with van der Waals surface area (Å²) in [5.41, 5.74) is 0. The molecule has 210 valence electrons. The van der Waals surface area contributed by atoms with E-state index in [-0.39, 0.29) is 6.15 Å². The lowest BCUT2D eigenvalue weighted by molar-refractivity contribution is 0.261. The molecule has 1 aliphatic rings. The maximum absolute atomic E-state index is 8.74. The average molecular weight is 539 g/mol. The molecule has 0 bridgehead atoms. The van der Waals surface area contributed by atoms with E-state index in [4.69, 9.17) is 35.0 Å². The van der Waals surface area contributed by atoms with Gasteiger partial charge in [-0.15, -0.1) is 0 Å². The molecule has 12 nitrogen and oxygen atoms in total. The monoisotopic (exact) mass is 538 g/mol. The van der Waals surface area contributed by atoms with Gasteiger partial charge in [0.2, 0.25) is 0 Å². The minimum absolute atomic E-state index is 0. The van der Waals surface area contributed by atoms with Crippen LogP contribution in [0.3, 0.4) is 0 Å². The number of nitrogens with zero attached hydrogens (tertiary/aromatic N) is 3. The molecule has 7 N–H and O–H groups in total. The van der Waals surface area contributed by atoms with E-state index in [9.17, 15) is 0 Å². The molecule has 1 heterocycles. The lowest BCUT2D eigenvalue weighted by Crippen LogP contribution is -2.27. The van der Waals surface area contributed by atoms with Gasteiger partial charge in [0, 0.05) is 26.0 Å². The van der Waals surface area contributed by atoms with Crippen LogP contribution >= 0.6 is 0 Å². The Bertz CT molecular complexity index is 596. The summed E-state index contributed by atoms with van der Waals surface area (Å²) in [4.78, 5) is 7.16. The predicted octanol–water partition coefficient (Wildman–Crippen LogP) is 4.01. The Balaban J connectivity index is -0.000000190. The van der Waals surface area contributed by atoms with E-state index >= 15 is 0 Å². The summed E-state index contributed by atoms with van der Waals surface area (Å²) in [6, 6.07) is 0. The van der Waals surface area contributed by atoms with Crippen LogP contribution in [-0.4, -0.2) is 89.6 Å². The summed E-state index contributed by atoms with van der Waals surface area (Å²) < 4.78 is 63.2. The first-order chi connectivity index (χ1) is 15.2. The van der Waals surface area contributed by atoms with E-state index in [2.05, 4.69) is 61.8 Å². The molecule has 0 saturated carbocycles. The molecule has 1 rings (SSSR count). The molecule has 0 unspecified atom stereocenters. The van der Waals surface area contributed by atoms with Gasteiger partial charge in [-0.3, -0.25) is 18.2 Å². The molecule has 0 aromatic heterocycles. The highest BCUT2D eigenvalue weighted by atomic mass is 32.3. The van der Waals surface area contributed by atoms with Gasteiger partial charge in [-0.05, 0) is 45.3 Å². The normalized spacial score (nSPS) is 12.6. The number of hydrogen-bond donors (Lipinski definition) is 5. The Hall–Kier alpha value is -1.00. The zero-order chi connectivity index (χ0) is 26.3. The number of unbranched alkanes of at least 4 members (excludes halogenated alkanes) is 4. The highest BCUT2D eigenvalue weighted by Gasteiger charge is 2.05. The minimum Gasteiger partial charge on any atom is -0.362 e. The molecule has 0 aromatic rings. The molecule has 0 aliphatic carbocycles. The van der Waals surface area contributed by atoms with Crippen LogP contribution in [0, 0.1) is 0 Å². The van der Waals surface area contributed by atoms with Gasteiger partial charge in [-0.2, -0.15) is 16.8 Å². The second-order valence-corrected chi connectivity index (χ2v) is 9.45.